The Labute approximate surface area is 568 Å². The minimum Gasteiger partial charge on any atom is -0.510 e. The van der Waals surface area contributed by atoms with E-state index in [0.29, 0.717) is 48.9 Å². The average molecular weight is 1320 g/mol. The maximum Gasteiger partial charge on any atom is 0.321 e. The molecule has 10 heterocycles. The third kappa shape index (κ3) is 14.5. The van der Waals surface area contributed by atoms with Gasteiger partial charge in [0, 0.05) is 118 Å². The summed E-state index contributed by atoms with van der Waals surface area (Å²) in [7, 11) is 8.59. The van der Waals surface area contributed by atoms with Crippen LogP contribution in [0, 0.1) is 31.6 Å². The molecule has 514 valence electrons. The molecule has 0 spiro atoms. The normalized spacial score (nSPS) is 19.7. The number of aryl methyl sites for hydroxylation is 3. The number of hydrogen-bond acceptors (Lipinski definition) is 19. The number of hydrogen-bond donors (Lipinski definition) is 6. The predicted octanol–water partition coefficient (Wildman–Crippen LogP) is 12.9. The number of aliphatic imine (C=N–C) groups is 3. The van der Waals surface area contributed by atoms with Crippen LogP contribution in [0.15, 0.2) is 144 Å². The highest BCUT2D eigenvalue weighted by Crippen LogP contribution is 2.50. The lowest BCUT2D eigenvalue weighted by Gasteiger charge is -2.20. The smallest absolute Gasteiger partial charge is 0.321 e. The van der Waals surface area contributed by atoms with Gasteiger partial charge in [-0.15, -0.1) is 0 Å². The Morgan fingerprint density at radius 3 is 1.82 bits per heavy atom. The molecule has 1 saturated heterocycles. The summed E-state index contributed by atoms with van der Waals surface area (Å²) in [5.41, 5.74) is 36.0. The van der Waals surface area contributed by atoms with E-state index in [1.54, 1.807) is 14.2 Å². The van der Waals surface area contributed by atoms with Crippen LogP contribution in [0.2, 0.25) is 0 Å². The lowest BCUT2D eigenvalue weighted by Crippen LogP contribution is -2.25. The van der Waals surface area contributed by atoms with E-state index in [4.69, 9.17) is 55.4 Å². The molecule has 97 heavy (non-hydrogen) atoms. The molecule has 1 aliphatic carbocycles. The van der Waals surface area contributed by atoms with E-state index in [9.17, 15) is 24.3 Å². The zero-order valence-corrected chi connectivity index (χ0v) is 59.2. The maximum atomic E-state index is 13.3. The Bertz CT molecular complexity index is 4330. The number of aromatic nitrogens is 4. The number of rotatable bonds is 15. The number of esters is 4. The number of aliphatic hydroxyl groups excluding tert-OH is 1. The van der Waals surface area contributed by atoms with Crippen LogP contribution in [0.1, 0.15) is 157 Å². The van der Waals surface area contributed by atoms with E-state index >= 15 is 0 Å². The number of nitrogens with one attached hydrogen (secondary N) is 3. The van der Waals surface area contributed by atoms with Crippen molar-refractivity contribution in [1.29, 1.82) is 0 Å². The third-order valence-corrected chi connectivity index (χ3v) is 19.6. The fraction of sp³-hybridized carbons (Fsp3) is 0.408. The molecule has 16 bridgehead atoms. The summed E-state index contributed by atoms with van der Waals surface area (Å²) < 4.78 is 29.0. The summed E-state index contributed by atoms with van der Waals surface area (Å²) >= 11 is 0. The van der Waals surface area contributed by atoms with Crippen molar-refractivity contribution >= 4 is 80.3 Å². The molecule has 3 aromatic rings. The molecular formula is C76H94N10O11. The van der Waals surface area contributed by atoms with Crippen LogP contribution >= 0.6 is 0 Å². The fourth-order valence-electron chi connectivity index (χ4n) is 13.7. The molecule has 11 rings (SSSR count). The van der Waals surface area contributed by atoms with Crippen LogP contribution < -0.4 is 16.8 Å². The minimum atomic E-state index is -1.06. The molecule has 3 aromatic heterocycles. The SMILES string of the molecule is C=CC1=C(C)C2=NC1=CC1=NC(=CC3=C(C)C4=C(O)C(C(=O)OC)C(=C5NC(=C2)[C@@H](C)[C@@H]5CCC(=O)OC)C4=N3)C(CC)=C1C.C=Cc1c(C)c2cc3nc(c(CC(=O)OC)c4nc(cc5[nH]c(cc1[nH]2)c(C)c5CC)C(C)=C4C)[C@@H](CCC(=O)OC)[C@@H]3C.COCN.COCN. The van der Waals surface area contributed by atoms with Gasteiger partial charge in [-0.1, -0.05) is 53.0 Å². The summed E-state index contributed by atoms with van der Waals surface area (Å²) in [6, 6.07) is 6.35. The van der Waals surface area contributed by atoms with Crippen molar-refractivity contribution in [3.05, 3.63) is 180 Å². The second-order valence-corrected chi connectivity index (χ2v) is 24.7. The minimum absolute atomic E-state index is 0.0218. The number of carbonyl (C=O) groups excluding carboxylic acids is 4. The van der Waals surface area contributed by atoms with Gasteiger partial charge in [-0.05, 0) is 161 Å². The number of aromatic amines is 2. The van der Waals surface area contributed by atoms with Gasteiger partial charge in [0.15, 0.2) is 0 Å². The number of H-pyrrole nitrogens is 2. The van der Waals surface area contributed by atoms with E-state index in [0.717, 1.165) is 148 Å². The van der Waals surface area contributed by atoms with Gasteiger partial charge < -0.3 is 60.3 Å². The van der Waals surface area contributed by atoms with Gasteiger partial charge in [0.1, 0.15) is 11.7 Å². The lowest BCUT2D eigenvalue weighted by atomic mass is 9.84. The molecule has 8 aliphatic rings. The van der Waals surface area contributed by atoms with Crippen LogP contribution in [0.5, 0.6) is 0 Å². The highest BCUT2D eigenvalue weighted by atomic mass is 16.5. The Hall–Kier alpha value is -9.41. The third-order valence-electron chi connectivity index (χ3n) is 19.6. The molecule has 5 atom stereocenters. The maximum absolute atomic E-state index is 13.3. The molecule has 21 nitrogen and oxygen atoms in total. The average Bonchev–Trinajstić information content (AvgIpc) is 1.55. The summed E-state index contributed by atoms with van der Waals surface area (Å²) in [6.07, 6.45) is 12.8. The number of nitrogens with zero attached hydrogens (tertiary/aromatic N) is 5. The molecule has 7 aliphatic heterocycles. The van der Waals surface area contributed by atoms with Gasteiger partial charge in [0.2, 0.25) is 0 Å². The quantitative estimate of drug-likeness (QED) is 0.0468. The van der Waals surface area contributed by atoms with Gasteiger partial charge in [-0.2, -0.15) is 0 Å². The second kappa shape index (κ2) is 31.6. The zero-order chi connectivity index (χ0) is 71.0. The highest BCUT2D eigenvalue weighted by Gasteiger charge is 2.49. The standard InChI is InChI=1S/C36H38N4O5.C36H42N4O4.2C2H7NO/c1-9-20-16(3)23-13-25-18(5)22(11-12-29(41)44-7)33(39-25)31-32(36(43)45-8)35(42)30-19(6)26(40-34(30)31)15-28-21(10-2)17(4)24(38-28)14-27(20)37-23;1-10-23-20(5)28-15-30-22(7)25(12-13-33(41)43-8)36(40-30)26(14-34(42)44-9)35-19(4)18(3)27(39-35)16-31-24(11-2)21(6)29(38-31)17-32(23)37-28;2*1-4-2-3/h9,13-15,18,22,32,39,42H,1,10-12H2,2-8H3;10,15-17,22,25,37-38H,1,11-14H2,2-9H3;2*2-3H2,1H3/t18-,22-,32?;22-,25-;;/m00../s1. The Morgan fingerprint density at radius 2 is 1.24 bits per heavy atom. The van der Waals surface area contributed by atoms with Crippen LogP contribution in [-0.2, 0) is 60.4 Å². The second-order valence-electron chi connectivity index (χ2n) is 24.7. The van der Waals surface area contributed by atoms with Gasteiger partial charge in [0.05, 0.1) is 99.6 Å². The van der Waals surface area contributed by atoms with E-state index in [-0.39, 0.29) is 66.6 Å². The molecule has 1 unspecified atom stereocenters. The summed E-state index contributed by atoms with van der Waals surface area (Å²) in [5, 5.41) is 15.2. The van der Waals surface area contributed by atoms with Gasteiger partial charge in [0.25, 0.3) is 0 Å². The molecule has 0 amide bonds. The number of nitrogens with two attached hydrogens (primary N) is 2. The van der Waals surface area contributed by atoms with Gasteiger partial charge in [-0.3, -0.25) is 24.2 Å². The van der Waals surface area contributed by atoms with E-state index in [1.807, 2.05) is 51.2 Å². The monoisotopic (exact) mass is 1320 g/mol. The van der Waals surface area contributed by atoms with Crippen molar-refractivity contribution in [3.63, 3.8) is 0 Å². The van der Waals surface area contributed by atoms with Crippen molar-refractivity contribution in [2.45, 2.75) is 133 Å². The fourth-order valence-corrected chi connectivity index (χ4v) is 13.7. The summed E-state index contributed by atoms with van der Waals surface area (Å²) in [4.78, 5) is 83.5. The van der Waals surface area contributed by atoms with E-state index in [1.165, 1.54) is 39.6 Å². The first kappa shape index (κ1) is 73.4. The predicted molar refractivity (Wildman–Crippen MR) is 383 cm³/mol. The Kier molecular flexibility index (Phi) is 23.9. The van der Waals surface area contributed by atoms with E-state index in [2.05, 4.69) is 112 Å². The van der Waals surface area contributed by atoms with Crippen LogP contribution in [-0.4, -0.2) is 122 Å². The first-order valence-corrected chi connectivity index (χ1v) is 32.7. The number of aliphatic hydroxyl groups is 1. The largest absolute Gasteiger partial charge is 0.510 e. The lowest BCUT2D eigenvalue weighted by molar-refractivity contribution is -0.144. The molecule has 0 saturated carbocycles. The number of carbonyl (C=O) groups is 4. The number of allylic oxidation sites excluding steroid dienone is 13. The molecule has 0 aromatic carbocycles. The van der Waals surface area contributed by atoms with Crippen molar-refractivity contribution < 1.29 is 52.7 Å². The van der Waals surface area contributed by atoms with Crippen molar-refractivity contribution in [3.8, 4) is 0 Å². The van der Waals surface area contributed by atoms with Crippen LogP contribution in [0.4, 0.5) is 0 Å². The topological polar surface area (TPSA) is 302 Å². The van der Waals surface area contributed by atoms with Gasteiger partial charge in [-0.25, -0.2) is 20.0 Å². The summed E-state index contributed by atoms with van der Waals surface area (Å²) in [5.74, 6) is -3.13. The molecule has 0 radical (unpaired) electrons. The number of fused-ring (bicyclic) bond motifs is 13. The first-order chi connectivity index (χ1) is 46.4. The molecule has 21 heteroatoms. The van der Waals surface area contributed by atoms with Crippen molar-refractivity contribution in [2.24, 2.45) is 44.2 Å². The summed E-state index contributed by atoms with van der Waals surface area (Å²) in [6.45, 7) is 31.6. The number of ether oxygens (including phenoxy) is 6. The first-order valence-electron chi connectivity index (χ1n) is 32.7. The van der Waals surface area contributed by atoms with E-state index < -0.39 is 11.9 Å². The molecular weight excluding hydrogens is 1230 g/mol. The van der Waals surface area contributed by atoms with Crippen LogP contribution in [0.25, 0.3) is 39.3 Å². The van der Waals surface area contributed by atoms with Crippen LogP contribution in [0.3, 0.4) is 0 Å². The molecule has 1 fully saturated rings. The van der Waals surface area contributed by atoms with Crippen molar-refractivity contribution in [2.75, 3.05) is 56.1 Å². The Morgan fingerprint density at radius 1 is 0.629 bits per heavy atom. The van der Waals surface area contributed by atoms with Gasteiger partial charge >= 0.3 is 23.9 Å². The Balaban J connectivity index is 0.000000223. The zero-order valence-electron chi connectivity index (χ0n) is 59.2. The van der Waals surface area contributed by atoms with Crippen molar-refractivity contribution in [1.82, 2.24) is 25.3 Å². The highest BCUT2D eigenvalue weighted by molar-refractivity contribution is 6.24. The molecule has 8 N–H and O–H groups in total. The number of methoxy groups -OCH3 is 6.